The molecule has 17 heteroatoms. The molecule has 57 heavy (non-hydrogen) atoms. The quantitative estimate of drug-likeness (QED) is 0.140. The Morgan fingerprint density at radius 1 is 0.965 bits per heavy atom. The maximum Gasteiger partial charge on any atom is 0.410 e. The number of Topliss-reactive ketones (excluding diaryl/α,β-unsaturated/α-hetero) is 1. The van der Waals surface area contributed by atoms with Gasteiger partial charge in [0, 0.05) is 31.0 Å². The van der Waals surface area contributed by atoms with Crippen LogP contribution >= 0.6 is 0 Å². The lowest BCUT2D eigenvalue weighted by molar-refractivity contribution is -0.913. The number of carbonyl (C=O) groups excluding carboxylic acids is 5. The van der Waals surface area contributed by atoms with Gasteiger partial charge in [0.1, 0.15) is 17.4 Å². The number of likely N-dealkylation sites (tertiary alicyclic amines) is 1. The summed E-state index contributed by atoms with van der Waals surface area (Å²) in [6.07, 6.45) is 0.841. The number of piperazine rings is 1. The molecule has 2 fully saturated rings. The van der Waals surface area contributed by atoms with E-state index < -0.39 is 60.6 Å². The number of benzene rings is 2. The molecule has 2 aliphatic heterocycles. The smallest absolute Gasteiger partial charge is 0.410 e. The van der Waals surface area contributed by atoms with Crippen molar-refractivity contribution in [1.82, 2.24) is 25.4 Å². The number of nitrogens with one attached hydrogen (secondary N) is 2. The van der Waals surface area contributed by atoms with Gasteiger partial charge in [-0.3, -0.25) is 29.1 Å². The van der Waals surface area contributed by atoms with Crippen LogP contribution in [0, 0.1) is 0 Å². The number of methoxy groups -OCH3 is 2. The highest BCUT2D eigenvalue weighted by Gasteiger charge is 2.51. The Balaban J connectivity index is 1.14. The molecule has 2 saturated heterocycles. The Kier molecular flexibility index (Phi) is 13.2. The summed E-state index contributed by atoms with van der Waals surface area (Å²) in [7, 11) is 5.05. The van der Waals surface area contributed by atoms with Crippen LogP contribution in [0.25, 0.3) is 10.9 Å². The summed E-state index contributed by atoms with van der Waals surface area (Å²) in [5.41, 5.74) is 0.677. The van der Waals surface area contributed by atoms with Gasteiger partial charge in [-0.05, 0) is 62.7 Å². The fourth-order valence-electron chi connectivity index (χ4n) is 6.81. The minimum Gasteiger partial charge on any atom is -0.493 e. The van der Waals surface area contributed by atoms with E-state index in [1.54, 1.807) is 41.3 Å². The minimum absolute atomic E-state index is 0.110. The first kappa shape index (κ1) is 42.6. The lowest BCUT2D eigenvalue weighted by atomic mass is 10.1. The molecule has 0 spiro atoms. The molecule has 2 aliphatic rings. The highest BCUT2D eigenvalue weighted by molar-refractivity contribution is 6.38. The average Bonchev–Trinajstić information content (AvgIpc) is 3.51. The van der Waals surface area contributed by atoms with E-state index in [1.165, 1.54) is 26.5 Å². The summed E-state index contributed by atoms with van der Waals surface area (Å²) >= 11 is 0. The van der Waals surface area contributed by atoms with E-state index >= 15 is 0 Å². The van der Waals surface area contributed by atoms with Crippen molar-refractivity contribution in [3.63, 3.8) is 0 Å². The Labute approximate surface area is 330 Å². The normalized spacial score (nSPS) is 17.4. The molecule has 4 amide bonds. The van der Waals surface area contributed by atoms with Gasteiger partial charge in [-0.2, -0.15) is 0 Å². The number of fused-ring (bicyclic) bond motifs is 1. The zero-order valence-electron chi connectivity index (χ0n) is 33.2. The number of aromatic nitrogens is 1. The molecule has 15 nitrogen and oxygen atoms in total. The predicted octanol–water partition coefficient (Wildman–Crippen LogP) is 3.57. The van der Waals surface area contributed by atoms with Crippen molar-refractivity contribution in [1.29, 1.82) is 0 Å². The molecule has 3 heterocycles. The number of halogens is 2. The highest BCUT2D eigenvalue weighted by Crippen LogP contribution is 2.33. The lowest BCUT2D eigenvalue weighted by Gasteiger charge is -2.42. The molecule has 1 atom stereocenters. The van der Waals surface area contributed by atoms with E-state index in [2.05, 4.69) is 22.7 Å². The summed E-state index contributed by atoms with van der Waals surface area (Å²) in [5.74, 6) is -6.02. The molecule has 5 rings (SSSR count). The third-order valence-electron chi connectivity index (χ3n) is 9.96. The second-order valence-electron chi connectivity index (χ2n) is 15.5. The van der Waals surface area contributed by atoms with Crippen LogP contribution in [0.4, 0.5) is 13.6 Å². The maximum absolute atomic E-state index is 14.6. The SMILES string of the molecule is COc1ccc(CNC(=O)C(=O)[C@@H]2CC(F)(F)CN2C(=O)CNC(=O)c2ccnc3ccc(OCCC[N+]4(C)CCN(C(=O)OC(C)(C)C)CC4)cc23)cc1OC. The van der Waals surface area contributed by atoms with Crippen LogP contribution in [0.5, 0.6) is 17.2 Å². The van der Waals surface area contributed by atoms with E-state index in [-0.39, 0.29) is 18.2 Å². The zero-order valence-corrected chi connectivity index (χ0v) is 33.2. The Bertz CT molecular complexity index is 1980. The molecular formula is C40H51F2N6O9+. The van der Waals surface area contributed by atoms with Crippen LogP contribution in [-0.4, -0.2) is 140 Å². The van der Waals surface area contributed by atoms with Crippen molar-refractivity contribution in [2.24, 2.45) is 0 Å². The second kappa shape index (κ2) is 17.7. The number of nitrogens with zero attached hydrogens (tertiary/aromatic N) is 4. The molecule has 0 aliphatic carbocycles. The van der Waals surface area contributed by atoms with Crippen molar-refractivity contribution in [3.05, 3.63) is 59.8 Å². The van der Waals surface area contributed by atoms with Gasteiger partial charge < -0.3 is 39.0 Å². The highest BCUT2D eigenvalue weighted by atomic mass is 19.3. The number of ether oxygens (including phenoxy) is 4. The van der Waals surface area contributed by atoms with Crippen LogP contribution in [0.1, 0.15) is 49.5 Å². The fraction of sp³-hybridized carbons (Fsp3) is 0.500. The van der Waals surface area contributed by atoms with Crippen molar-refractivity contribution < 1.29 is 56.2 Å². The average molecular weight is 798 g/mol. The zero-order chi connectivity index (χ0) is 41.5. The molecule has 2 aromatic carbocycles. The fourth-order valence-corrected chi connectivity index (χ4v) is 6.81. The number of ketones is 1. The third kappa shape index (κ3) is 11.1. The van der Waals surface area contributed by atoms with Crippen LogP contribution < -0.4 is 24.8 Å². The van der Waals surface area contributed by atoms with Gasteiger partial charge in [0.2, 0.25) is 11.7 Å². The molecule has 0 saturated carbocycles. The van der Waals surface area contributed by atoms with Crippen molar-refractivity contribution in [3.8, 4) is 17.2 Å². The largest absolute Gasteiger partial charge is 0.493 e. The number of hydrogen-bond donors (Lipinski definition) is 2. The van der Waals surface area contributed by atoms with Crippen molar-refractivity contribution in [2.45, 2.75) is 57.7 Å². The van der Waals surface area contributed by atoms with Gasteiger partial charge in [-0.1, -0.05) is 6.07 Å². The first-order valence-electron chi connectivity index (χ1n) is 18.7. The first-order chi connectivity index (χ1) is 26.9. The molecule has 2 N–H and O–H groups in total. The molecule has 0 radical (unpaired) electrons. The summed E-state index contributed by atoms with van der Waals surface area (Å²) in [4.78, 5) is 71.6. The summed E-state index contributed by atoms with van der Waals surface area (Å²) in [5, 5.41) is 5.34. The monoisotopic (exact) mass is 797 g/mol. The van der Waals surface area contributed by atoms with Crippen LogP contribution in [0.15, 0.2) is 48.7 Å². The summed E-state index contributed by atoms with van der Waals surface area (Å²) in [6.45, 7) is 7.66. The molecule has 3 aromatic rings. The maximum atomic E-state index is 14.6. The van der Waals surface area contributed by atoms with Gasteiger partial charge >= 0.3 is 6.09 Å². The van der Waals surface area contributed by atoms with E-state index in [0.717, 1.165) is 30.5 Å². The number of pyridine rings is 1. The number of rotatable bonds is 14. The molecule has 0 bridgehead atoms. The Morgan fingerprint density at radius 3 is 2.37 bits per heavy atom. The second-order valence-corrected chi connectivity index (χ2v) is 15.5. The molecule has 308 valence electrons. The van der Waals surface area contributed by atoms with E-state index in [4.69, 9.17) is 18.9 Å². The topological polar surface area (TPSA) is 166 Å². The van der Waals surface area contributed by atoms with Gasteiger partial charge in [-0.15, -0.1) is 0 Å². The number of amides is 4. The number of likely N-dealkylation sites (N-methyl/N-ethyl adjacent to an activating group) is 1. The lowest BCUT2D eigenvalue weighted by Crippen LogP contribution is -2.59. The molecular weight excluding hydrogens is 746 g/mol. The van der Waals surface area contributed by atoms with Gasteiger partial charge in [0.05, 0.1) is 84.8 Å². The first-order valence-corrected chi connectivity index (χ1v) is 18.7. The van der Waals surface area contributed by atoms with E-state index in [9.17, 15) is 32.8 Å². The number of quaternary nitrogens is 1. The van der Waals surface area contributed by atoms with Gasteiger partial charge in [0.15, 0.2) is 11.5 Å². The van der Waals surface area contributed by atoms with Crippen LogP contribution in [0.3, 0.4) is 0 Å². The summed E-state index contributed by atoms with van der Waals surface area (Å²) < 4.78 is 51.9. The van der Waals surface area contributed by atoms with Gasteiger partial charge in [0.25, 0.3) is 17.7 Å². The predicted molar refractivity (Wildman–Crippen MR) is 204 cm³/mol. The van der Waals surface area contributed by atoms with Crippen LogP contribution in [0.2, 0.25) is 0 Å². The standard InChI is InChI=1S/C40H50F2N6O9/c1-39(2,3)57-38(53)46-14-17-48(4,18-15-46)16-7-19-56-27-9-10-30-29(21-27)28(12-13-43-30)36(51)45-24-34(49)47-25-40(41,42)22-31(47)35(50)37(52)44-23-26-8-11-32(54-5)33(20-26)55-6/h8-13,20-21,31H,7,14-19,22-25H2,1-6H3,(H-,44,45,51,52)/p+1/t31-/m0/s1. The Hall–Kier alpha value is -5.58. The Morgan fingerprint density at radius 2 is 1.68 bits per heavy atom. The van der Waals surface area contributed by atoms with Gasteiger partial charge in [-0.25, -0.2) is 13.6 Å². The van der Waals surface area contributed by atoms with Crippen molar-refractivity contribution in [2.75, 3.05) is 73.7 Å². The minimum atomic E-state index is -3.42. The molecule has 0 unspecified atom stereocenters. The van der Waals surface area contributed by atoms with Crippen LogP contribution in [-0.2, 0) is 25.7 Å². The molecule has 1 aromatic heterocycles. The number of carbonyl (C=O) groups is 5. The number of alkyl halides is 2. The van der Waals surface area contributed by atoms with E-state index in [0.29, 0.717) is 58.3 Å². The van der Waals surface area contributed by atoms with E-state index in [1.807, 2.05) is 20.8 Å². The number of hydrogen-bond acceptors (Lipinski definition) is 10. The summed E-state index contributed by atoms with van der Waals surface area (Å²) in [6, 6.07) is 9.70. The van der Waals surface area contributed by atoms with Crippen molar-refractivity contribution >= 4 is 40.5 Å². The third-order valence-corrected chi connectivity index (χ3v) is 9.96.